The Bertz CT molecular complexity index is 1560. The molecule has 1 aliphatic carbocycles. The minimum absolute atomic E-state index is 0.0503. The first-order valence-electron chi connectivity index (χ1n) is 18.8. The molecule has 1 saturated carbocycles. The number of rotatable bonds is 19. The topological polar surface area (TPSA) is 269 Å². The molecule has 15 heteroatoms. The van der Waals surface area contributed by atoms with Gasteiger partial charge in [-0.15, -0.1) is 0 Å². The van der Waals surface area contributed by atoms with Crippen LogP contribution in [0.2, 0.25) is 0 Å². The van der Waals surface area contributed by atoms with Gasteiger partial charge in [-0.05, 0) is 57.4 Å². The number of imidazole rings is 1. The van der Waals surface area contributed by atoms with Crippen LogP contribution in [0, 0.1) is 23.2 Å². The van der Waals surface area contributed by atoms with Crippen LogP contribution in [0.25, 0.3) is 0 Å². The van der Waals surface area contributed by atoms with Gasteiger partial charge < -0.3 is 47.8 Å². The molecule has 1 aromatic heterocycles. The normalized spacial score (nSPS) is 19.5. The van der Waals surface area contributed by atoms with Crippen molar-refractivity contribution < 1.29 is 38.6 Å². The number of aromatic nitrogens is 2. The van der Waals surface area contributed by atoms with Gasteiger partial charge in [0.15, 0.2) is 11.6 Å². The number of hydrogen-bond acceptors (Lipinski definition) is 13. The largest absolute Gasteiger partial charge is 0.467 e. The molecule has 11 N–H and O–H groups in total. The summed E-state index contributed by atoms with van der Waals surface area (Å²) in [6, 6.07) is 4.96. The number of nitrogens with zero attached hydrogens (tertiary/aromatic N) is 1. The first kappa shape index (κ1) is 44.4. The molecule has 0 spiro atoms. The van der Waals surface area contributed by atoms with E-state index in [2.05, 4.69) is 15.3 Å². The Kier molecular flexibility index (Phi) is 15.6. The number of esters is 2. The van der Waals surface area contributed by atoms with Crippen molar-refractivity contribution in [2.24, 2.45) is 46.1 Å². The molecule has 4 unspecified atom stereocenters. The van der Waals surface area contributed by atoms with Gasteiger partial charge in [0.25, 0.3) is 0 Å². The summed E-state index contributed by atoms with van der Waals surface area (Å²) < 4.78 is 10.9. The Labute approximate surface area is 318 Å². The van der Waals surface area contributed by atoms with Crippen molar-refractivity contribution >= 4 is 29.4 Å². The van der Waals surface area contributed by atoms with Gasteiger partial charge in [-0.3, -0.25) is 19.2 Å². The van der Waals surface area contributed by atoms with E-state index in [0.29, 0.717) is 37.8 Å². The number of nitrogens with two attached hydrogens (primary N) is 4. The van der Waals surface area contributed by atoms with E-state index in [1.165, 1.54) is 12.5 Å². The molecule has 15 nitrogen and oxygen atoms in total. The molecule has 300 valence electrons. The molecule has 3 rings (SSSR count). The number of Topliss-reactive ketones (excluding diaryl/α,β-unsaturated/α-hetero) is 2. The minimum atomic E-state index is -2.75. The number of hydrogen-bond donors (Lipinski definition) is 7. The van der Waals surface area contributed by atoms with Gasteiger partial charge in [-0.2, -0.15) is 0 Å². The van der Waals surface area contributed by atoms with Gasteiger partial charge in [0, 0.05) is 24.9 Å². The average Bonchev–Trinajstić information content (AvgIpc) is 3.66. The third-order valence-electron chi connectivity index (χ3n) is 10.8. The maximum absolute atomic E-state index is 14.9. The molecule has 0 aliphatic heterocycles. The van der Waals surface area contributed by atoms with E-state index in [9.17, 15) is 29.1 Å². The van der Waals surface area contributed by atoms with Crippen LogP contribution in [0.3, 0.4) is 0 Å². The summed E-state index contributed by atoms with van der Waals surface area (Å²) in [6.07, 6.45) is 3.66. The third kappa shape index (κ3) is 9.99. The standard InChI is InChI=1S/C39H61N7O8/c1-7-23(2)30(35(51)53-6)46-36(52)38(21-40,31(47)28(42)19-26-20-44-22-45-26)33(49)29(34(50)54-37(3,4)5)39(43,25-16-12-9-13-17-25)32(48)27(41)18-24-14-10-8-11-15-24/h8,10-11,14-15,20,22-23,25,27-30,33,49H,7,9,12-13,16-19,21,40-43H2,1-6H3,(H,44,45)(H,46,52)/t23-,27+,28+,29?,30-,33?,38?,39?/m0/s1. The Balaban J connectivity index is 2.34. The summed E-state index contributed by atoms with van der Waals surface area (Å²) in [6.45, 7) is 7.37. The second-order valence-electron chi connectivity index (χ2n) is 15.7. The van der Waals surface area contributed by atoms with Gasteiger partial charge in [0.2, 0.25) is 5.91 Å². The van der Waals surface area contributed by atoms with E-state index < -0.39 is 94.5 Å². The number of carbonyl (C=O) groups excluding carboxylic acids is 5. The van der Waals surface area contributed by atoms with Crippen LogP contribution in [0.15, 0.2) is 42.9 Å². The predicted molar refractivity (Wildman–Crippen MR) is 202 cm³/mol. The number of ether oxygens (including phenoxy) is 2. The molecular formula is C39H61N7O8. The average molecular weight is 756 g/mol. The van der Waals surface area contributed by atoms with Crippen molar-refractivity contribution in [3.63, 3.8) is 0 Å². The summed E-state index contributed by atoms with van der Waals surface area (Å²) in [5.74, 6) is -8.21. The summed E-state index contributed by atoms with van der Waals surface area (Å²) in [7, 11) is 1.15. The molecule has 1 fully saturated rings. The fourth-order valence-corrected chi connectivity index (χ4v) is 7.53. The predicted octanol–water partition coefficient (Wildman–Crippen LogP) is 1.23. The maximum Gasteiger partial charge on any atom is 0.328 e. The Morgan fingerprint density at radius 1 is 0.981 bits per heavy atom. The molecule has 1 aromatic carbocycles. The number of aliphatic hydroxyl groups excluding tert-OH is 1. The molecule has 1 amide bonds. The van der Waals surface area contributed by atoms with Crippen LogP contribution in [-0.2, 0) is 46.3 Å². The van der Waals surface area contributed by atoms with Gasteiger partial charge in [-0.1, -0.05) is 69.9 Å². The van der Waals surface area contributed by atoms with Crippen LogP contribution in [-0.4, -0.2) is 93.5 Å². The van der Waals surface area contributed by atoms with Crippen molar-refractivity contribution in [2.45, 2.75) is 121 Å². The fraction of sp³-hybridized carbons (Fsp3) is 0.641. The lowest BCUT2D eigenvalue weighted by molar-refractivity contribution is -0.181. The van der Waals surface area contributed by atoms with Crippen molar-refractivity contribution in [2.75, 3.05) is 13.7 Å². The van der Waals surface area contributed by atoms with Crippen molar-refractivity contribution in [3.05, 3.63) is 54.1 Å². The van der Waals surface area contributed by atoms with Crippen molar-refractivity contribution in [1.82, 2.24) is 15.3 Å². The second-order valence-corrected chi connectivity index (χ2v) is 15.7. The van der Waals surface area contributed by atoms with E-state index in [1.54, 1.807) is 58.9 Å². The third-order valence-corrected chi connectivity index (χ3v) is 10.8. The van der Waals surface area contributed by atoms with Gasteiger partial charge in [0.1, 0.15) is 23.0 Å². The second kappa shape index (κ2) is 19.0. The lowest BCUT2D eigenvalue weighted by atomic mass is 9.58. The molecule has 1 aliphatic rings. The summed E-state index contributed by atoms with van der Waals surface area (Å²) in [4.78, 5) is 79.2. The zero-order valence-corrected chi connectivity index (χ0v) is 32.5. The summed E-state index contributed by atoms with van der Waals surface area (Å²) >= 11 is 0. The van der Waals surface area contributed by atoms with E-state index in [4.69, 9.17) is 32.4 Å². The van der Waals surface area contributed by atoms with Crippen LogP contribution < -0.4 is 28.3 Å². The highest BCUT2D eigenvalue weighted by Crippen LogP contribution is 2.44. The monoisotopic (exact) mass is 755 g/mol. The number of H-pyrrole nitrogens is 1. The number of carbonyl (C=O) groups is 5. The van der Waals surface area contributed by atoms with Gasteiger partial charge in [-0.25, -0.2) is 9.78 Å². The van der Waals surface area contributed by atoms with Gasteiger partial charge in [0.05, 0.1) is 37.2 Å². The fourth-order valence-electron chi connectivity index (χ4n) is 7.53. The van der Waals surface area contributed by atoms with Crippen molar-refractivity contribution in [3.8, 4) is 0 Å². The molecule has 0 bridgehead atoms. The quantitative estimate of drug-likeness (QED) is 0.0787. The Hall–Kier alpha value is -4.02. The Morgan fingerprint density at radius 2 is 1.59 bits per heavy atom. The molecular weight excluding hydrogens is 694 g/mol. The number of methoxy groups -OCH3 is 1. The SMILES string of the molecule is CC[C@H](C)[C@H](NC(=O)C(CN)(C(=O)[C@H](N)Cc1cnc[nH]1)C(O)C(C(=O)OC(C)(C)C)C(N)(C(=O)[C@H](N)Cc1ccccc1)C1CCCCC1)C(=O)OC. The van der Waals surface area contributed by atoms with Crippen LogP contribution in [0.1, 0.15) is 84.4 Å². The highest BCUT2D eigenvalue weighted by atomic mass is 16.6. The van der Waals surface area contributed by atoms with E-state index in [0.717, 1.165) is 19.1 Å². The van der Waals surface area contributed by atoms with Crippen molar-refractivity contribution in [1.29, 1.82) is 0 Å². The Morgan fingerprint density at radius 3 is 2.11 bits per heavy atom. The number of nitrogens with one attached hydrogen (secondary N) is 2. The zero-order valence-electron chi connectivity index (χ0n) is 32.5. The molecule has 0 saturated heterocycles. The number of ketones is 2. The number of aromatic amines is 1. The number of aliphatic hydroxyl groups is 1. The van der Waals surface area contributed by atoms with Gasteiger partial charge >= 0.3 is 11.9 Å². The number of benzene rings is 1. The van der Waals surface area contributed by atoms with E-state index in [-0.39, 0.29) is 12.8 Å². The first-order chi connectivity index (χ1) is 25.4. The first-order valence-corrected chi connectivity index (χ1v) is 18.8. The molecule has 54 heavy (non-hydrogen) atoms. The van der Waals surface area contributed by atoms with Crippen LogP contribution in [0.4, 0.5) is 0 Å². The molecule has 0 radical (unpaired) electrons. The highest BCUT2D eigenvalue weighted by Gasteiger charge is 2.64. The molecule has 8 atom stereocenters. The van der Waals surface area contributed by atoms with E-state index in [1.807, 2.05) is 6.07 Å². The zero-order chi connectivity index (χ0) is 40.4. The summed E-state index contributed by atoms with van der Waals surface area (Å²) in [5.41, 5.74) is 21.9. The maximum atomic E-state index is 14.9. The van der Waals surface area contributed by atoms with E-state index >= 15 is 0 Å². The molecule has 1 heterocycles. The lowest BCUT2D eigenvalue weighted by Crippen LogP contribution is -2.74. The van der Waals surface area contributed by atoms with Crippen LogP contribution >= 0.6 is 0 Å². The highest BCUT2D eigenvalue weighted by molar-refractivity contribution is 6.11. The van der Waals surface area contributed by atoms with Crippen LogP contribution in [0.5, 0.6) is 0 Å². The number of amides is 1. The smallest absolute Gasteiger partial charge is 0.328 e. The minimum Gasteiger partial charge on any atom is -0.467 e. The molecule has 2 aromatic rings. The lowest BCUT2D eigenvalue weighted by Gasteiger charge is -2.49. The summed E-state index contributed by atoms with van der Waals surface area (Å²) in [5, 5.41) is 15.5.